The van der Waals surface area contributed by atoms with Crippen molar-refractivity contribution in [3.05, 3.63) is 12.4 Å². The van der Waals surface area contributed by atoms with Gasteiger partial charge in [0.05, 0.1) is 18.0 Å². The Morgan fingerprint density at radius 1 is 1.41 bits per heavy atom. The van der Waals surface area contributed by atoms with Gasteiger partial charge in [0.25, 0.3) is 0 Å². The molecule has 122 valence electrons. The van der Waals surface area contributed by atoms with E-state index < -0.39 is 0 Å². The second kappa shape index (κ2) is 8.33. The maximum atomic E-state index is 11.6. The van der Waals surface area contributed by atoms with Crippen LogP contribution in [0, 0.1) is 0 Å². The fraction of sp³-hybridized carbons (Fsp3) is 0.667. The topological polar surface area (TPSA) is 67.4 Å². The summed E-state index contributed by atoms with van der Waals surface area (Å²) in [4.78, 5) is 22.4. The predicted octanol–water partition coefficient (Wildman–Crippen LogP) is 1.71. The summed E-state index contributed by atoms with van der Waals surface area (Å²) in [6, 6.07) is 1.95. The molecular formula is C15H24N4O2S. The lowest BCUT2D eigenvalue weighted by Gasteiger charge is -2.36. The van der Waals surface area contributed by atoms with E-state index in [0.29, 0.717) is 5.75 Å². The summed E-state index contributed by atoms with van der Waals surface area (Å²) in [6.07, 6.45) is 2.89. The molecule has 1 aliphatic heterocycles. The SMILES string of the molecule is CCCNC(=O)CSc1cc(N2CC(C)OC(C)C2)ncn1. The molecule has 22 heavy (non-hydrogen) atoms. The largest absolute Gasteiger partial charge is 0.372 e. The second-order valence-electron chi connectivity index (χ2n) is 5.52. The molecule has 7 heteroatoms. The number of rotatable bonds is 6. The van der Waals surface area contributed by atoms with Crippen LogP contribution in [0.3, 0.4) is 0 Å². The minimum absolute atomic E-state index is 0.0422. The van der Waals surface area contributed by atoms with Crippen LogP contribution in [-0.4, -0.2) is 53.5 Å². The molecule has 1 amide bonds. The van der Waals surface area contributed by atoms with Crippen molar-refractivity contribution in [2.45, 2.75) is 44.4 Å². The van der Waals surface area contributed by atoms with Crippen molar-refractivity contribution in [2.24, 2.45) is 0 Å². The summed E-state index contributed by atoms with van der Waals surface area (Å²) >= 11 is 1.44. The van der Waals surface area contributed by atoms with Crippen molar-refractivity contribution in [3.63, 3.8) is 0 Å². The van der Waals surface area contributed by atoms with Crippen LogP contribution in [0.4, 0.5) is 5.82 Å². The van der Waals surface area contributed by atoms with E-state index in [9.17, 15) is 4.79 Å². The van der Waals surface area contributed by atoms with Crippen LogP contribution < -0.4 is 10.2 Å². The predicted molar refractivity (Wildman–Crippen MR) is 88.3 cm³/mol. The minimum Gasteiger partial charge on any atom is -0.372 e. The third-order valence-electron chi connectivity index (χ3n) is 3.29. The van der Waals surface area contributed by atoms with Gasteiger partial charge in [-0.15, -0.1) is 0 Å². The Morgan fingerprint density at radius 3 is 2.82 bits per heavy atom. The molecule has 1 aliphatic rings. The molecule has 1 saturated heterocycles. The van der Waals surface area contributed by atoms with E-state index >= 15 is 0 Å². The van der Waals surface area contributed by atoms with Crippen LogP contribution in [0.1, 0.15) is 27.2 Å². The lowest BCUT2D eigenvalue weighted by Crippen LogP contribution is -2.45. The highest BCUT2D eigenvalue weighted by Crippen LogP contribution is 2.22. The quantitative estimate of drug-likeness (QED) is 0.635. The van der Waals surface area contributed by atoms with E-state index in [-0.39, 0.29) is 18.1 Å². The number of nitrogens with zero attached hydrogens (tertiary/aromatic N) is 3. The van der Waals surface area contributed by atoms with Gasteiger partial charge >= 0.3 is 0 Å². The number of nitrogens with one attached hydrogen (secondary N) is 1. The summed E-state index contributed by atoms with van der Waals surface area (Å²) in [6.45, 7) is 8.53. The van der Waals surface area contributed by atoms with Crippen LogP contribution in [0.15, 0.2) is 17.4 Å². The number of carbonyl (C=O) groups is 1. The van der Waals surface area contributed by atoms with Crippen molar-refractivity contribution < 1.29 is 9.53 Å². The molecule has 0 radical (unpaired) electrons. The normalized spacial score (nSPS) is 21.7. The van der Waals surface area contributed by atoms with Gasteiger partial charge in [-0.1, -0.05) is 18.7 Å². The number of hydrogen-bond acceptors (Lipinski definition) is 6. The number of ether oxygens (including phenoxy) is 1. The van der Waals surface area contributed by atoms with Gasteiger partial charge in [0, 0.05) is 25.7 Å². The standard InChI is InChI=1S/C15H24N4O2S/c1-4-5-16-14(20)9-22-15-6-13(17-10-18-15)19-7-11(2)21-12(3)8-19/h6,10-12H,4-5,7-9H2,1-3H3,(H,16,20). The molecule has 1 aromatic heterocycles. The molecule has 2 unspecified atom stereocenters. The summed E-state index contributed by atoms with van der Waals surface area (Å²) in [5.41, 5.74) is 0. The minimum atomic E-state index is 0.0422. The van der Waals surface area contributed by atoms with Crippen molar-refractivity contribution in [3.8, 4) is 0 Å². The van der Waals surface area contributed by atoms with Gasteiger partial charge in [0.2, 0.25) is 5.91 Å². The molecule has 2 heterocycles. The van der Waals surface area contributed by atoms with Crippen LogP contribution in [0.2, 0.25) is 0 Å². The number of carbonyl (C=O) groups excluding carboxylic acids is 1. The molecule has 1 N–H and O–H groups in total. The maximum absolute atomic E-state index is 11.6. The monoisotopic (exact) mass is 324 g/mol. The zero-order valence-electron chi connectivity index (χ0n) is 13.4. The maximum Gasteiger partial charge on any atom is 0.230 e. The molecule has 0 spiro atoms. The molecular weight excluding hydrogens is 300 g/mol. The summed E-state index contributed by atoms with van der Waals surface area (Å²) in [5.74, 6) is 1.32. The third kappa shape index (κ3) is 5.14. The van der Waals surface area contributed by atoms with E-state index in [1.165, 1.54) is 11.8 Å². The van der Waals surface area contributed by atoms with Gasteiger partial charge in [-0.05, 0) is 20.3 Å². The number of hydrogen-bond donors (Lipinski definition) is 1. The molecule has 0 bridgehead atoms. The first-order valence-electron chi connectivity index (χ1n) is 7.70. The zero-order valence-corrected chi connectivity index (χ0v) is 14.2. The fourth-order valence-corrected chi connectivity index (χ4v) is 3.09. The first-order valence-corrected chi connectivity index (χ1v) is 8.69. The zero-order chi connectivity index (χ0) is 15.9. The van der Waals surface area contributed by atoms with Crippen LogP contribution in [0.25, 0.3) is 0 Å². The first-order chi connectivity index (χ1) is 10.6. The Balaban J connectivity index is 1.93. The Hall–Kier alpha value is -1.34. The van der Waals surface area contributed by atoms with Crippen LogP contribution >= 0.6 is 11.8 Å². The average molecular weight is 324 g/mol. The lowest BCUT2D eigenvalue weighted by atomic mass is 10.2. The number of anilines is 1. The van der Waals surface area contributed by atoms with E-state index in [1.54, 1.807) is 6.33 Å². The summed E-state index contributed by atoms with van der Waals surface area (Å²) in [5, 5.41) is 3.68. The molecule has 6 nitrogen and oxygen atoms in total. The van der Waals surface area contributed by atoms with Gasteiger partial charge in [0.1, 0.15) is 17.2 Å². The number of thioether (sulfide) groups is 1. The van der Waals surface area contributed by atoms with Crippen molar-refractivity contribution in [2.75, 3.05) is 30.3 Å². The molecule has 0 aliphatic carbocycles. The average Bonchev–Trinajstić information content (AvgIpc) is 2.50. The van der Waals surface area contributed by atoms with Gasteiger partial charge < -0.3 is 15.0 Å². The van der Waals surface area contributed by atoms with Gasteiger partial charge in [-0.3, -0.25) is 4.79 Å². The van der Waals surface area contributed by atoms with Gasteiger partial charge in [0.15, 0.2) is 0 Å². The van der Waals surface area contributed by atoms with Gasteiger partial charge in [-0.25, -0.2) is 9.97 Å². The third-order valence-corrected chi connectivity index (χ3v) is 4.22. The number of morpholine rings is 1. The second-order valence-corrected chi connectivity index (χ2v) is 6.51. The molecule has 0 aromatic carbocycles. The van der Waals surface area contributed by atoms with Gasteiger partial charge in [-0.2, -0.15) is 0 Å². The van der Waals surface area contributed by atoms with Crippen LogP contribution in [0.5, 0.6) is 0 Å². The van der Waals surface area contributed by atoms with E-state index in [2.05, 4.69) is 34.0 Å². The van der Waals surface area contributed by atoms with Crippen molar-refractivity contribution >= 4 is 23.5 Å². The Morgan fingerprint density at radius 2 is 2.14 bits per heavy atom. The molecule has 1 aromatic rings. The molecule has 0 saturated carbocycles. The summed E-state index contributed by atoms with van der Waals surface area (Å²) in [7, 11) is 0. The van der Waals surface area contributed by atoms with Crippen molar-refractivity contribution in [1.82, 2.24) is 15.3 Å². The molecule has 2 rings (SSSR count). The Labute approximate surface area is 136 Å². The highest BCUT2D eigenvalue weighted by atomic mass is 32.2. The molecule has 1 fully saturated rings. The molecule has 2 atom stereocenters. The number of aromatic nitrogens is 2. The number of amides is 1. The van der Waals surface area contributed by atoms with E-state index in [1.807, 2.05) is 13.0 Å². The van der Waals surface area contributed by atoms with E-state index in [4.69, 9.17) is 4.74 Å². The summed E-state index contributed by atoms with van der Waals surface area (Å²) < 4.78 is 5.74. The lowest BCUT2D eigenvalue weighted by molar-refractivity contribution is -0.118. The first kappa shape index (κ1) is 17.0. The smallest absolute Gasteiger partial charge is 0.230 e. The van der Waals surface area contributed by atoms with Crippen LogP contribution in [-0.2, 0) is 9.53 Å². The van der Waals surface area contributed by atoms with E-state index in [0.717, 1.165) is 36.9 Å². The highest BCUT2D eigenvalue weighted by molar-refractivity contribution is 7.99. The van der Waals surface area contributed by atoms with Crippen molar-refractivity contribution in [1.29, 1.82) is 0 Å². The Kier molecular flexibility index (Phi) is 6.45. The fourth-order valence-electron chi connectivity index (χ4n) is 2.40. The Bertz CT molecular complexity index is 490. The highest BCUT2D eigenvalue weighted by Gasteiger charge is 2.23.